The van der Waals surface area contributed by atoms with Crippen molar-refractivity contribution in [3.63, 3.8) is 0 Å². The topological polar surface area (TPSA) is 76.3 Å². The molecule has 0 fully saturated rings. The van der Waals surface area contributed by atoms with Crippen LogP contribution in [0, 0.1) is 5.92 Å². The predicted molar refractivity (Wildman–Crippen MR) is 77.2 cm³/mol. The summed E-state index contributed by atoms with van der Waals surface area (Å²) in [6, 6.07) is 5.52. The van der Waals surface area contributed by atoms with E-state index in [1.807, 2.05) is 32.0 Å². The average Bonchev–Trinajstić information content (AvgIpc) is 2.43. The van der Waals surface area contributed by atoms with Crippen molar-refractivity contribution >= 4 is 10.0 Å². The first kappa shape index (κ1) is 16.1. The molecule has 1 heterocycles. The molecule has 0 bridgehead atoms. The molecule has 0 amide bonds. The van der Waals surface area contributed by atoms with Gasteiger partial charge in [-0.3, -0.25) is 4.98 Å². The monoisotopic (exact) mass is 285 g/mol. The largest absolute Gasteiger partial charge is 0.330 e. The quantitative estimate of drug-likeness (QED) is 0.769. The first-order valence-corrected chi connectivity index (χ1v) is 8.18. The van der Waals surface area contributed by atoms with E-state index in [1.165, 1.54) is 4.31 Å². The zero-order chi connectivity index (χ0) is 14.3. The number of aromatic nitrogens is 1. The highest BCUT2D eigenvalue weighted by atomic mass is 32.2. The third kappa shape index (κ3) is 5.26. The molecule has 0 aromatic carbocycles. The Morgan fingerprint density at radius 1 is 1.42 bits per heavy atom. The van der Waals surface area contributed by atoms with Gasteiger partial charge in [0.05, 0.1) is 5.75 Å². The Morgan fingerprint density at radius 2 is 2.16 bits per heavy atom. The number of nitrogens with two attached hydrogens (primary N) is 1. The second-order valence-electron chi connectivity index (χ2n) is 4.68. The maximum absolute atomic E-state index is 12.2. The van der Waals surface area contributed by atoms with Crippen LogP contribution in [0.1, 0.15) is 19.5 Å². The summed E-state index contributed by atoms with van der Waals surface area (Å²) in [6.45, 7) is 5.26. The summed E-state index contributed by atoms with van der Waals surface area (Å²) in [6.07, 6.45) is 2.12. The van der Waals surface area contributed by atoms with Crippen molar-refractivity contribution in [3.05, 3.63) is 30.1 Å². The highest BCUT2D eigenvalue weighted by molar-refractivity contribution is 7.89. The van der Waals surface area contributed by atoms with E-state index in [0.29, 0.717) is 26.1 Å². The first-order chi connectivity index (χ1) is 8.99. The van der Waals surface area contributed by atoms with Crippen molar-refractivity contribution in [2.75, 3.05) is 25.4 Å². The van der Waals surface area contributed by atoms with Gasteiger partial charge in [-0.25, -0.2) is 12.7 Å². The van der Waals surface area contributed by atoms with Crippen molar-refractivity contribution in [1.82, 2.24) is 9.29 Å². The lowest BCUT2D eigenvalue weighted by molar-refractivity contribution is 0.371. The minimum Gasteiger partial charge on any atom is -0.330 e. The molecule has 0 radical (unpaired) electrons. The molecule has 5 nitrogen and oxygen atoms in total. The third-order valence-corrected chi connectivity index (χ3v) is 4.92. The van der Waals surface area contributed by atoms with Gasteiger partial charge in [0.1, 0.15) is 0 Å². The van der Waals surface area contributed by atoms with Crippen LogP contribution < -0.4 is 5.73 Å². The van der Waals surface area contributed by atoms with E-state index in [1.54, 1.807) is 6.20 Å². The summed E-state index contributed by atoms with van der Waals surface area (Å²) in [5.74, 6) is 0.263. The molecule has 0 saturated heterocycles. The minimum absolute atomic E-state index is 0.0924. The molecule has 1 unspecified atom stereocenters. The fourth-order valence-corrected chi connectivity index (χ4v) is 3.37. The number of pyridine rings is 1. The van der Waals surface area contributed by atoms with E-state index in [2.05, 4.69) is 4.98 Å². The Labute approximate surface area is 115 Å². The van der Waals surface area contributed by atoms with Crippen LogP contribution in [0.3, 0.4) is 0 Å². The fraction of sp³-hybridized carbons (Fsp3) is 0.615. The molecule has 1 rings (SSSR count). The van der Waals surface area contributed by atoms with Gasteiger partial charge < -0.3 is 5.73 Å². The summed E-state index contributed by atoms with van der Waals surface area (Å²) in [5.41, 5.74) is 6.35. The summed E-state index contributed by atoms with van der Waals surface area (Å²) < 4.78 is 26.0. The smallest absolute Gasteiger partial charge is 0.214 e. The first-order valence-electron chi connectivity index (χ1n) is 6.57. The van der Waals surface area contributed by atoms with Crippen molar-refractivity contribution in [3.8, 4) is 0 Å². The Kier molecular flexibility index (Phi) is 6.41. The molecule has 19 heavy (non-hydrogen) atoms. The molecule has 1 aromatic heterocycles. The average molecular weight is 285 g/mol. The van der Waals surface area contributed by atoms with Crippen molar-refractivity contribution in [2.45, 2.75) is 20.3 Å². The van der Waals surface area contributed by atoms with E-state index < -0.39 is 10.0 Å². The van der Waals surface area contributed by atoms with Gasteiger partial charge in [-0.15, -0.1) is 0 Å². The van der Waals surface area contributed by atoms with Gasteiger partial charge in [0.2, 0.25) is 10.0 Å². The van der Waals surface area contributed by atoms with Crippen LogP contribution in [0.25, 0.3) is 0 Å². The zero-order valence-electron chi connectivity index (χ0n) is 11.6. The maximum Gasteiger partial charge on any atom is 0.214 e. The summed E-state index contributed by atoms with van der Waals surface area (Å²) in [5, 5.41) is 0. The van der Waals surface area contributed by atoms with Crippen LogP contribution >= 0.6 is 0 Å². The van der Waals surface area contributed by atoms with Crippen molar-refractivity contribution in [2.24, 2.45) is 11.7 Å². The number of hydrogen-bond donors (Lipinski definition) is 1. The molecule has 0 aliphatic carbocycles. The van der Waals surface area contributed by atoms with Gasteiger partial charge in [0.15, 0.2) is 0 Å². The van der Waals surface area contributed by atoms with Gasteiger partial charge >= 0.3 is 0 Å². The molecular formula is C13H23N3O2S. The van der Waals surface area contributed by atoms with Crippen LogP contribution in [-0.4, -0.2) is 43.1 Å². The molecule has 2 N–H and O–H groups in total. The van der Waals surface area contributed by atoms with E-state index >= 15 is 0 Å². The lowest BCUT2D eigenvalue weighted by Gasteiger charge is -2.23. The standard InChI is InChI=1S/C13H23N3O2S/c1-3-16(11-12(2)10-14)19(17,18)9-7-13-6-4-5-8-15-13/h4-6,8,12H,3,7,9-11,14H2,1-2H3. The molecule has 6 heteroatoms. The minimum atomic E-state index is -3.24. The van der Waals surface area contributed by atoms with Crippen LogP contribution in [0.5, 0.6) is 0 Å². The maximum atomic E-state index is 12.2. The van der Waals surface area contributed by atoms with Crippen LogP contribution in [0.4, 0.5) is 0 Å². The molecule has 108 valence electrons. The van der Waals surface area contributed by atoms with Crippen LogP contribution in [0.15, 0.2) is 24.4 Å². The number of sulfonamides is 1. The second kappa shape index (κ2) is 7.57. The Hall–Kier alpha value is -0.980. The van der Waals surface area contributed by atoms with Gasteiger partial charge in [-0.1, -0.05) is 19.9 Å². The van der Waals surface area contributed by atoms with E-state index in [-0.39, 0.29) is 11.7 Å². The van der Waals surface area contributed by atoms with Crippen molar-refractivity contribution < 1.29 is 8.42 Å². The van der Waals surface area contributed by atoms with E-state index in [0.717, 1.165) is 5.69 Å². The summed E-state index contributed by atoms with van der Waals surface area (Å²) >= 11 is 0. The van der Waals surface area contributed by atoms with Gasteiger partial charge in [-0.05, 0) is 24.6 Å². The van der Waals surface area contributed by atoms with Gasteiger partial charge in [0.25, 0.3) is 0 Å². The highest BCUT2D eigenvalue weighted by Crippen LogP contribution is 2.08. The van der Waals surface area contributed by atoms with E-state index in [9.17, 15) is 8.42 Å². The molecule has 0 aliphatic heterocycles. The molecule has 0 saturated carbocycles. The molecule has 1 atom stereocenters. The number of hydrogen-bond acceptors (Lipinski definition) is 4. The molecule has 0 spiro atoms. The second-order valence-corrected chi connectivity index (χ2v) is 6.77. The summed E-state index contributed by atoms with van der Waals surface area (Å²) in [4.78, 5) is 4.14. The Balaban J connectivity index is 2.63. The third-order valence-electron chi connectivity index (χ3n) is 3.01. The van der Waals surface area contributed by atoms with Crippen LogP contribution in [0.2, 0.25) is 0 Å². The SMILES string of the molecule is CCN(CC(C)CN)S(=O)(=O)CCc1ccccn1. The highest BCUT2D eigenvalue weighted by Gasteiger charge is 2.21. The van der Waals surface area contributed by atoms with E-state index in [4.69, 9.17) is 5.73 Å². The number of aryl methyl sites for hydroxylation is 1. The van der Waals surface area contributed by atoms with Crippen LogP contribution in [-0.2, 0) is 16.4 Å². The van der Waals surface area contributed by atoms with Crippen molar-refractivity contribution in [1.29, 1.82) is 0 Å². The van der Waals surface area contributed by atoms with Gasteiger partial charge in [0, 0.05) is 31.4 Å². The fourth-order valence-electron chi connectivity index (χ4n) is 1.77. The Bertz CT molecular complexity index is 462. The molecule has 0 aliphatic rings. The number of nitrogens with zero attached hydrogens (tertiary/aromatic N) is 2. The normalized spacial score (nSPS) is 13.7. The molecular weight excluding hydrogens is 262 g/mol. The predicted octanol–water partition coefficient (Wildman–Crippen LogP) is 0.871. The Morgan fingerprint density at radius 3 is 2.68 bits per heavy atom. The zero-order valence-corrected chi connectivity index (χ0v) is 12.4. The lowest BCUT2D eigenvalue weighted by Crippen LogP contribution is -2.38. The lowest BCUT2D eigenvalue weighted by atomic mass is 10.2. The van der Waals surface area contributed by atoms with Gasteiger partial charge in [-0.2, -0.15) is 0 Å². The summed E-state index contributed by atoms with van der Waals surface area (Å²) in [7, 11) is -3.24. The molecule has 1 aromatic rings. The number of rotatable bonds is 8.